The van der Waals surface area contributed by atoms with Crippen LogP contribution in [-0.2, 0) is 10.0 Å². The smallest absolute Gasteiger partial charge is 0.242 e. The van der Waals surface area contributed by atoms with Gasteiger partial charge in [0, 0.05) is 19.1 Å². The zero-order valence-corrected chi connectivity index (χ0v) is 12.4. The standard InChI is InChI=1S/C12H22N4O2S/c1-10(2)16(3)9-8-14-19(17,18)12-7-5-4-6-11(12)15-13/h4-7,10,14-15H,8-9,13H2,1-3H3. The first-order valence-corrected chi connectivity index (χ1v) is 7.62. The van der Waals surface area contributed by atoms with Gasteiger partial charge in [-0.15, -0.1) is 0 Å². The third-order valence-electron chi connectivity index (χ3n) is 2.97. The van der Waals surface area contributed by atoms with Crippen molar-refractivity contribution < 1.29 is 8.42 Å². The summed E-state index contributed by atoms with van der Waals surface area (Å²) in [6.07, 6.45) is 0. The van der Waals surface area contributed by atoms with E-state index in [2.05, 4.69) is 28.9 Å². The molecule has 1 aromatic rings. The van der Waals surface area contributed by atoms with Gasteiger partial charge in [0.25, 0.3) is 0 Å². The summed E-state index contributed by atoms with van der Waals surface area (Å²) in [4.78, 5) is 2.22. The highest BCUT2D eigenvalue weighted by molar-refractivity contribution is 7.89. The summed E-state index contributed by atoms with van der Waals surface area (Å²) in [6, 6.07) is 6.90. The van der Waals surface area contributed by atoms with Crippen LogP contribution in [-0.4, -0.2) is 39.5 Å². The first-order chi connectivity index (χ1) is 8.88. The normalized spacial score (nSPS) is 12.1. The van der Waals surface area contributed by atoms with E-state index in [1.165, 1.54) is 6.07 Å². The predicted octanol–water partition coefficient (Wildman–Crippen LogP) is 0.591. The molecule has 0 aliphatic carbocycles. The number of nitrogens with one attached hydrogen (secondary N) is 2. The maximum Gasteiger partial charge on any atom is 0.242 e. The monoisotopic (exact) mass is 286 g/mol. The largest absolute Gasteiger partial charge is 0.323 e. The zero-order chi connectivity index (χ0) is 14.5. The van der Waals surface area contributed by atoms with Crippen LogP contribution < -0.4 is 16.0 Å². The lowest BCUT2D eigenvalue weighted by Crippen LogP contribution is -2.36. The number of nitrogens with two attached hydrogens (primary N) is 1. The van der Waals surface area contributed by atoms with Gasteiger partial charge in [0.05, 0.1) is 5.69 Å². The molecule has 1 rings (SSSR count). The Kier molecular flexibility index (Phi) is 5.74. The van der Waals surface area contributed by atoms with Crippen molar-refractivity contribution in [1.29, 1.82) is 0 Å². The molecule has 0 unspecified atom stereocenters. The number of rotatable bonds is 7. The van der Waals surface area contributed by atoms with E-state index in [0.29, 0.717) is 24.8 Å². The minimum Gasteiger partial charge on any atom is -0.323 e. The fraction of sp³-hybridized carbons (Fsp3) is 0.500. The Morgan fingerprint density at radius 2 is 1.95 bits per heavy atom. The molecule has 0 aromatic heterocycles. The van der Waals surface area contributed by atoms with E-state index in [1.54, 1.807) is 18.2 Å². The average molecular weight is 286 g/mol. The molecule has 0 fully saturated rings. The Hall–Kier alpha value is -1.15. The van der Waals surface area contributed by atoms with E-state index in [9.17, 15) is 8.42 Å². The van der Waals surface area contributed by atoms with Crippen molar-refractivity contribution >= 4 is 15.7 Å². The number of nitrogen functional groups attached to an aromatic ring is 1. The number of hydrogen-bond acceptors (Lipinski definition) is 5. The second-order valence-corrected chi connectivity index (χ2v) is 6.35. The molecule has 19 heavy (non-hydrogen) atoms. The quantitative estimate of drug-likeness (QED) is 0.504. The maximum absolute atomic E-state index is 12.1. The lowest BCUT2D eigenvalue weighted by molar-refractivity contribution is 0.278. The summed E-state index contributed by atoms with van der Waals surface area (Å²) >= 11 is 0. The van der Waals surface area contributed by atoms with Crippen molar-refractivity contribution in [2.45, 2.75) is 24.8 Å². The molecular weight excluding hydrogens is 264 g/mol. The van der Waals surface area contributed by atoms with E-state index >= 15 is 0 Å². The second-order valence-electron chi connectivity index (χ2n) is 4.61. The highest BCUT2D eigenvalue weighted by Crippen LogP contribution is 2.18. The van der Waals surface area contributed by atoms with Crippen LogP contribution in [0.3, 0.4) is 0 Å². The lowest BCUT2D eigenvalue weighted by atomic mass is 10.3. The summed E-state index contributed by atoms with van der Waals surface area (Å²) in [5.41, 5.74) is 2.77. The molecule has 0 spiro atoms. The topological polar surface area (TPSA) is 87.5 Å². The molecule has 0 aliphatic heterocycles. The van der Waals surface area contributed by atoms with Crippen molar-refractivity contribution in [2.75, 3.05) is 25.6 Å². The minimum atomic E-state index is -3.54. The molecule has 0 atom stereocenters. The van der Waals surface area contributed by atoms with E-state index in [0.717, 1.165) is 0 Å². The average Bonchev–Trinajstić information content (AvgIpc) is 2.38. The van der Waals surface area contributed by atoms with Crippen LogP contribution in [0.1, 0.15) is 13.8 Å². The number of benzene rings is 1. The van der Waals surface area contributed by atoms with Crippen LogP contribution in [0.5, 0.6) is 0 Å². The molecule has 0 amide bonds. The third kappa shape index (κ3) is 4.46. The number of hydrazine groups is 1. The van der Waals surface area contributed by atoms with Gasteiger partial charge in [0.1, 0.15) is 4.90 Å². The molecule has 0 saturated carbocycles. The Morgan fingerprint density at radius 1 is 1.32 bits per heavy atom. The molecule has 108 valence electrons. The van der Waals surface area contributed by atoms with E-state index < -0.39 is 10.0 Å². The van der Waals surface area contributed by atoms with Crippen LogP contribution in [0.15, 0.2) is 29.2 Å². The van der Waals surface area contributed by atoms with Crippen molar-refractivity contribution in [3.8, 4) is 0 Å². The number of nitrogens with zero attached hydrogens (tertiary/aromatic N) is 1. The molecule has 0 radical (unpaired) electrons. The molecule has 7 heteroatoms. The van der Waals surface area contributed by atoms with Crippen LogP contribution in [0.25, 0.3) is 0 Å². The fourth-order valence-electron chi connectivity index (χ4n) is 1.51. The number of para-hydroxylation sites is 1. The van der Waals surface area contributed by atoms with Crippen LogP contribution in [0.2, 0.25) is 0 Å². The highest BCUT2D eigenvalue weighted by Gasteiger charge is 2.17. The molecule has 0 saturated heterocycles. The molecule has 0 bridgehead atoms. The highest BCUT2D eigenvalue weighted by atomic mass is 32.2. The number of sulfonamides is 1. The molecule has 1 aromatic carbocycles. The summed E-state index contributed by atoms with van der Waals surface area (Å²) in [6.45, 7) is 5.12. The zero-order valence-electron chi connectivity index (χ0n) is 11.6. The van der Waals surface area contributed by atoms with Gasteiger partial charge in [-0.25, -0.2) is 13.1 Å². The summed E-state index contributed by atoms with van der Waals surface area (Å²) < 4.78 is 26.8. The Labute approximate surface area is 115 Å². The van der Waals surface area contributed by atoms with E-state index in [4.69, 9.17) is 5.84 Å². The second kappa shape index (κ2) is 6.85. The Bertz CT molecular complexity index is 502. The van der Waals surface area contributed by atoms with Gasteiger partial charge >= 0.3 is 0 Å². The Morgan fingerprint density at radius 3 is 2.53 bits per heavy atom. The maximum atomic E-state index is 12.1. The van der Waals surface area contributed by atoms with E-state index in [1.807, 2.05) is 7.05 Å². The first-order valence-electron chi connectivity index (χ1n) is 6.14. The number of likely N-dealkylation sites (N-methyl/N-ethyl adjacent to an activating group) is 1. The van der Waals surface area contributed by atoms with Gasteiger partial charge in [0.2, 0.25) is 10.0 Å². The lowest BCUT2D eigenvalue weighted by Gasteiger charge is -2.21. The van der Waals surface area contributed by atoms with Gasteiger partial charge in [-0.3, -0.25) is 5.84 Å². The predicted molar refractivity (Wildman–Crippen MR) is 77.2 cm³/mol. The van der Waals surface area contributed by atoms with Crippen LogP contribution in [0.4, 0.5) is 5.69 Å². The molecular formula is C12H22N4O2S. The molecule has 6 nitrogen and oxygen atoms in total. The van der Waals surface area contributed by atoms with Gasteiger partial charge in [0.15, 0.2) is 0 Å². The van der Waals surface area contributed by atoms with Crippen LogP contribution in [0, 0.1) is 0 Å². The van der Waals surface area contributed by atoms with Gasteiger partial charge < -0.3 is 10.3 Å². The minimum absolute atomic E-state index is 0.157. The Balaban J connectivity index is 2.71. The van der Waals surface area contributed by atoms with E-state index in [-0.39, 0.29) is 4.90 Å². The summed E-state index contributed by atoms with van der Waals surface area (Å²) in [7, 11) is -1.59. The molecule has 4 N–H and O–H groups in total. The van der Waals surface area contributed by atoms with Gasteiger partial charge in [-0.2, -0.15) is 0 Å². The molecule has 0 heterocycles. The third-order valence-corrected chi connectivity index (χ3v) is 4.49. The number of anilines is 1. The number of hydrogen-bond donors (Lipinski definition) is 3. The SMILES string of the molecule is CC(C)N(C)CCNS(=O)(=O)c1ccccc1NN. The molecule has 0 aliphatic rings. The first kappa shape index (κ1) is 15.9. The van der Waals surface area contributed by atoms with Gasteiger partial charge in [-0.05, 0) is 33.0 Å². The summed E-state index contributed by atoms with van der Waals surface area (Å²) in [5, 5.41) is 0. The van der Waals surface area contributed by atoms with Gasteiger partial charge in [-0.1, -0.05) is 12.1 Å². The summed E-state index contributed by atoms with van der Waals surface area (Å²) in [5.74, 6) is 5.31. The van der Waals surface area contributed by atoms with Crippen molar-refractivity contribution in [3.63, 3.8) is 0 Å². The van der Waals surface area contributed by atoms with Crippen LogP contribution >= 0.6 is 0 Å². The fourth-order valence-corrected chi connectivity index (χ4v) is 2.70. The van der Waals surface area contributed by atoms with Crippen molar-refractivity contribution in [3.05, 3.63) is 24.3 Å². The van der Waals surface area contributed by atoms with Crippen molar-refractivity contribution in [1.82, 2.24) is 9.62 Å². The van der Waals surface area contributed by atoms with Crippen molar-refractivity contribution in [2.24, 2.45) is 5.84 Å².